The van der Waals surface area contributed by atoms with Gasteiger partial charge in [0.25, 0.3) is 0 Å². The van der Waals surface area contributed by atoms with Gasteiger partial charge in [-0.3, -0.25) is 0 Å². The van der Waals surface area contributed by atoms with Crippen LogP contribution in [0.5, 0.6) is 5.75 Å². The van der Waals surface area contributed by atoms with Crippen molar-refractivity contribution >= 4 is 6.09 Å². The van der Waals surface area contributed by atoms with Crippen molar-refractivity contribution < 1.29 is 28.2 Å². The van der Waals surface area contributed by atoms with Gasteiger partial charge in [0.05, 0.1) is 5.60 Å². The van der Waals surface area contributed by atoms with E-state index < -0.39 is 17.8 Å². The molecule has 2 aliphatic rings. The molecule has 0 aromatic heterocycles. The van der Waals surface area contributed by atoms with Crippen LogP contribution < -0.4 is 4.74 Å². The summed E-state index contributed by atoms with van der Waals surface area (Å²) in [6, 6.07) is 5.96. The summed E-state index contributed by atoms with van der Waals surface area (Å²) < 4.78 is 35.7. The van der Waals surface area contributed by atoms with Crippen molar-refractivity contribution in [1.29, 1.82) is 0 Å². The summed E-state index contributed by atoms with van der Waals surface area (Å²) in [4.78, 5) is 14.4. The van der Waals surface area contributed by atoms with Crippen LogP contribution >= 0.6 is 0 Å². The normalized spacial score (nSPS) is 28.2. The summed E-state index contributed by atoms with van der Waals surface area (Å²) in [6.07, 6.45) is 2.61. The second-order valence-electron chi connectivity index (χ2n) is 8.44. The van der Waals surface area contributed by atoms with E-state index in [9.17, 15) is 18.7 Å². The number of ether oxygens (including phenoxy) is 2. The van der Waals surface area contributed by atoms with Crippen molar-refractivity contribution in [2.75, 3.05) is 0 Å². The lowest BCUT2D eigenvalue weighted by atomic mass is 9.72. The van der Waals surface area contributed by atoms with Crippen molar-refractivity contribution in [1.82, 2.24) is 4.90 Å². The summed E-state index contributed by atoms with van der Waals surface area (Å²) in [5.74, 6) is -0.0150. The number of carbonyl (C=O) groups is 1. The molecule has 2 heterocycles. The number of rotatable bonds is 3. The fraction of sp³-hybridized carbons (Fsp3) is 0.650. The number of piperidine rings is 2. The second kappa shape index (κ2) is 7.26. The van der Waals surface area contributed by atoms with E-state index in [4.69, 9.17) is 4.74 Å². The Balaban J connectivity index is 1.87. The number of hydrogen-bond donors (Lipinski definition) is 1. The highest BCUT2D eigenvalue weighted by atomic mass is 19.3. The maximum absolute atomic E-state index is 12.8. The smallest absolute Gasteiger partial charge is 0.410 e. The van der Waals surface area contributed by atoms with Gasteiger partial charge in [0.1, 0.15) is 11.4 Å². The largest absolute Gasteiger partial charge is 0.444 e. The molecule has 1 aromatic rings. The molecule has 1 N–H and O–H groups in total. The van der Waals surface area contributed by atoms with Crippen LogP contribution in [-0.2, 0) is 10.3 Å². The van der Waals surface area contributed by atoms with Gasteiger partial charge in [0, 0.05) is 30.5 Å². The predicted octanol–water partition coefficient (Wildman–Crippen LogP) is 4.43. The number of alkyl halides is 2. The maximum atomic E-state index is 12.8. The van der Waals surface area contributed by atoms with E-state index in [0.717, 1.165) is 19.3 Å². The Kier molecular flexibility index (Phi) is 5.34. The van der Waals surface area contributed by atoms with Gasteiger partial charge in [-0.15, -0.1) is 0 Å². The topological polar surface area (TPSA) is 59.0 Å². The Morgan fingerprint density at radius 1 is 1.22 bits per heavy atom. The summed E-state index contributed by atoms with van der Waals surface area (Å²) in [5, 5.41) is 11.4. The molecule has 0 aliphatic carbocycles. The van der Waals surface area contributed by atoms with E-state index in [1.165, 1.54) is 6.07 Å². The maximum Gasteiger partial charge on any atom is 0.410 e. The Morgan fingerprint density at radius 2 is 1.81 bits per heavy atom. The number of nitrogens with zero attached hydrogens (tertiary/aromatic N) is 1. The summed E-state index contributed by atoms with van der Waals surface area (Å²) in [5.41, 5.74) is -1.57. The first-order valence-electron chi connectivity index (χ1n) is 9.37. The number of fused-ring (bicyclic) bond motifs is 2. The highest BCUT2D eigenvalue weighted by molar-refractivity contribution is 5.69. The zero-order valence-corrected chi connectivity index (χ0v) is 16.0. The Hall–Kier alpha value is -1.89. The Labute approximate surface area is 158 Å². The summed E-state index contributed by atoms with van der Waals surface area (Å²) in [6.45, 7) is 2.49. The van der Waals surface area contributed by atoms with E-state index in [-0.39, 0.29) is 36.8 Å². The highest BCUT2D eigenvalue weighted by Crippen LogP contribution is 2.47. The van der Waals surface area contributed by atoms with Crippen molar-refractivity contribution in [2.24, 2.45) is 0 Å². The number of carbonyl (C=O) groups excluding carboxylic acids is 1. The van der Waals surface area contributed by atoms with Gasteiger partial charge in [-0.1, -0.05) is 18.2 Å². The highest BCUT2D eigenvalue weighted by Gasteiger charge is 2.50. The first-order chi connectivity index (χ1) is 12.6. The third-order valence-electron chi connectivity index (χ3n) is 5.22. The number of hydrogen-bond acceptors (Lipinski definition) is 4. The van der Waals surface area contributed by atoms with Crippen molar-refractivity contribution in [3.8, 4) is 5.75 Å². The van der Waals surface area contributed by atoms with Crippen molar-refractivity contribution in [3.63, 3.8) is 0 Å². The summed E-state index contributed by atoms with van der Waals surface area (Å²) >= 11 is 0. The monoisotopic (exact) mass is 383 g/mol. The molecule has 2 bridgehead atoms. The zero-order chi connectivity index (χ0) is 19.8. The van der Waals surface area contributed by atoms with Gasteiger partial charge in [0.2, 0.25) is 0 Å². The molecule has 5 nitrogen and oxygen atoms in total. The van der Waals surface area contributed by atoms with Gasteiger partial charge in [-0.2, -0.15) is 8.78 Å². The Morgan fingerprint density at radius 3 is 2.37 bits per heavy atom. The van der Waals surface area contributed by atoms with Crippen LogP contribution in [0, 0.1) is 0 Å². The number of benzene rings is 1. The number of halogens is 2. The number of para-hydroxylation sites is 1. The first-order valence-corrected chi connectivity index (χ1v) is 9.37. The average molecular weight is 383 g/mol. The molecule has 0 saturated carbocycles. The van der Waals surface area contributed by atoms with Crippen LogP contribution in [-0.4, -0.2) is 40.4 Å². The molecule has 27 heavy (non-hydrogen) atoms. The lowest BCUT2D eigenvalue weighted by Gasteiger charge is -2.52. The Bertz CT molecular complexity index is 675. The lowest BCUT2D eigenvalue weighted by molar-refractivity contribution is -0.101. The first kappa shape index (κ1) is 19.9. The standard InChI is InChI=1S/C20H27F2NO4/c1-19(2,3)27-18(24)23-13-7-6-8-14(23)12-20(25,11-13)15-9-4-5-10-16(15)26-17(21)22/h4-5,9-10,13-14,17,25H,6-8,11-12H2,1-3H3. The molecule has 2 aliphatic heterocycles. The molecule has 2 saturated heterocycles. The van der Waals surface area contributed by atoms with Gasteiger partial charge >= 0.3 is 12.7 Å². The SMILES string of the molecule is CC(C)(C)OC(=O)N1C2CCCC1CC(O)(c1ccccc1OC(F)F)C2. The number of amides is 1. The molecule has 1 amide bonds. The molecule has 3 rings (SSSR count). The van der Waals surface area contributed by atoms with Gasteiger partial charge in [0.15, 0.2) is 0 Å². The summed E-state index contributed by atoms with van der Waals surface area (Å²) in [7, 11) is 0. The van der Waals surface area contributed by atoms with Crippen LogP contribution in [0.15, 0.2) is 24.3 Å². The minimum atomic E-state index is -2.96. The molecule has 0 radical (unpaired) electrons. The predicted molar refractivity (Wildman–Crippen MR) is 95.7 cm³/mol. The van der Waals surface area contributed by atoms with E-state index in [1.807, 2.05) is 20.8 Å². The quantitative estimate of drug-likeness (QED) is 0.839. The van der Waals surface area contributed by atoms with Crippen LogP contribution in [0.3, 0.4) is 0 Å². The fourth-order valence-corrected chi connectivity index (χ4v) is 4.31. The molecule has 2 atom stereocenters. The van der Waals surface area contributed by atoms with Crippen molar-refractivity contribution in [2.45, 2.75) is 82.8 Å². The molecular weight excluding hydrogens is 356 g/mol. The molecule has 7 heteroatoms. The third kappa shape index (κ3) is 4.34. The van der Waals surface area contributed by atoms with E-state index >= 15 is 0 Å². The number of aliphatic hydroxyl groups is 1. The van der Waals surface area contributed by atoms with Crippen LogP contribution in [0.25, 0.3) is 0 Å². The third-order valence-corrected chi connectivity index (χ3v) is 5.22. The zero-order valence-electron chi connectivity index (χ0n) is 16.0. The molecule has 150 valence electrons. The van der Waals surface area contributed by atoms with Gasteiger partial charge < -0.3 is 19.5 Å². The van der Waals surface area contributed by atoms with Crippen LogP contribution in [0.1, 0.15) is 58.4 Å². The van der Waals surface area contributed by atoms with Crippen molar-refractivity contribution in [3.05, 3.63) is 29.8 Å². The molecule has 0 spiro atoms. The van der Waals surface area contributed by atoms with E-state index in [2.05, 4.69) is 4.74 Å². The minimum Gasteiger partial charge on any atom is -0.444 e. The molecule has 2 fully saturated rings. The van der Waals surface area contributed by atoms with Gasteiger partial charge in [-0.25, -0.2) is 4.79 Å². The average Bonchev–Trinajstić information content (AvgIpc) is 2.52. The minimum absolute atomic E-state index is 0.0150. The van der Waals surface area contributed by atoms with Gasteiger partial charge in [-0.05, 0) is 46.1 Å². The van der Waals surface area contributed by atoms with E-state index in [0.29, 0.717) is 5.56 Å². The lowest BCUT2D eigenvalue weighted by Crippen LogP contribution is -2.59. The van der Waals surface area contributed by atoms with E-state index in [1.54, 1.807) is 23.1 Å². The van der Waals surface area contributed by atoms with Crippen LogP contribution in [0.2, 0.25) is 0 Å². The second-order valence-corrected chi connectivity index (χ2v) is 8.44. The molecule has 1 aromatic carbocycles. The fourth-order valence-electron chi connectivity index (χ4n) is 4.31. The molecular formula is C20H27F2NO4. The van der Waals surface area contributed by atoms with Crippen LogP contribution in [0.4, 0.5) is 13.6 Å². The molecule has 2 unspecified atom stereocenters.